The van der Waals surface area contributed by atoms with Crippen LogP contribution < -0.4 is 0 Å². The summed E-state index contributed by atoms with van der Waals surface area (Å²) in [5.74, 6) is -0.384. The van der Waals surface area contributed by atoms with Crippen LogP contribution in [0.4, 0.5) is 0 Å². The van der Waals surface area contributed by atoms with Gasteiger partial charge in [-0.25, -0.2) is 9.78 Å². The van der Waals surface area contributed by atoms with Crippen LogP contribution in [0.25, 0.3) is 0 Å². The van der Waals surface area contributed by atoms with Gasteiger partial charge in [-0.05, 0) is 37.8 Å². The summed E-state index contributed by atoms with van der Waals surface area (Å²) in [4.78, 5) is 15.4. The van der Waals surface area contributed by atoms with Crippen LogP contribution in [0.2, 0.25) is 0 Å². The zero-order valence-electron chi connectivity index (χ0n) is 14.6. The number of aromatic nitrogens is 1. The number of carbonyl (C=O) groups is 1. The quantitative estimate of drug-likeness (QED) is 0.460. The summed E-state index contributed by atoms with van der Waals surface area (Å²) >= 11 is 0. The van der Waals surface area contributed by atoms with Gasteiger partial charge < -0.3 is 9.84 Å². The number of aryl methyl sites for hydroxylation is 1. The van der Waals surface area contributed by atoms with Crippen molar-refractivity contribution in [2.75, 3.05) is 7.11 Å². The average Bonchev–Trinajstić information content (AvgIpc) is 2.56. The second-order valence-corrected chi connectivity index (χ2v) is 6.26. The number of methoxy groups -OCH3 is 1. The summed E-state index contributed by atoms with van der Waals surface area (Å²) in [6, 6.07) is 3.69. The van der Waals surface area contributed by atoms with E-state index in [0.717, 1.165) is 19.3 Å². The van der Waals surface area contributed by atoms with E-state index in [0.29, 0.717) is 5.69 Å². The summed E-state index contributed by atoms with van der Waals surface area (Å²) in [6.07, 6.45) is 13.5. The number of rotatable bonds is 12. The topological polar surface area (TPSA) is 59.4 Å². The highest BCUT2D eigenvalue weighted by molar-refractivity contribution is 5.86. The van der Waals surface area contributed by atoms with Crippen molar-refractivity contribution in [1.29, 1.82) is 0 Å². The largest absolute Gasteiger partial charge is 0.464 e. The second-order valence-electron chi connectivity index (χ2n) is 6.26. The van der Waals surface area contributed by atoms with Crippen LogP contribution in [0.3, 0.4) is 0 Å². The lowest BCUT2D eigenvalue weighted by atomic mass is 10.0. The number of unbranched alkanes of at least 4 members (excludes halogenated alkanes) is 7. The van der Waals surface area contributed by atoms with E-state index >= 15 is 0 Å². The van der Waals surface area contributed by atoms with Crippen LogP contribution >= 0.6 is 0 Å². The fraction of sp³-hybridized carbons (Fsp3) is 0.684. The van der Waals surface area contributed by atoms with E-state index < -0.39 is 0 Å². The molecule has 0 aromatic carbocycles. The van der Waals surface area contributed by atoms with Gasteiger partial charge in [0.1, 0.15) is 5.69 Å². The third kappa shape index (κ3) is 9.34. The predicted molar refractivity (Wildman–Crippen MR) is 92.5 cm³/mol. The van der Waals surface area contributed by atoms with Gasteiger partial charge in [0.15, 0.2) is 0 Å². The molecule has 23 heavy (non-hydrogen) atoms. The van der Waals surface area contributed by atoms with Crippen LogP contribution in [-0.4, -0.2) is 29.3 Å². The molecule has 130 valence electrons. The van der Waals surface area contributed by atoms with E-state index in [-0.39, 0.29) is 12.1 Å². The SMILES string of the molecule is COC(=O)c1ccc(CCCCCCCCCC[C@@H](C)O)cn1. The molecule has 0 aliphatic carbocycles. The Hall–Kier alpha value is -1.42. The van der Waals surface area contributed by atoms with E-state index in [4.69, 9.17) is 0 Å². The fourth-order valence-corrected chi connectivity index (χ4v) is 2.63. The number of nitrogens with zero attached hydrogens (tertiary/aromatic N) is 1. The van der Waals surface area contributed by atoms with Gasteiger partial charge in [0, 0.05) is 6.20 Å². The minimum Gasteiger partial charge on any atom is -0.464 e. The number of aliphatic hydroxyl groups excluding tert-OH is 1. The Kier molecular flexibility index (Phi) is 10.3. The summed E-state index contributed by atoms with van der Waals surface area (Å²) in [5, 5.41) is 9.17. The second kappa shape index (κ2) is 12.1. The van der Waals surface area contributed by atoms with E-state index in [1.807, 2.05) is 13.0 Å². The van der Waals surface area contributed by atoms with Crippen LogP contribution in [0.1, 0.15) is 80.8 Å². The predicted octanol–water partition coefficient (Wildman–Crippen LogP) is 4.30. The minimum atomic E-state index is -0.384. The number of ether oxygens (including phenoxy) is 1. The highest BCUT2D eigenvalue weighted by Gasteiger charge is 2.05. The van der Waals surface area contributed by atoms with Crippen molar-refractivity contribution in [2.45, 2.75) is 77.2 Å². The molecule has 0 aliphatic rings. The molecule has 0 saturated heterocycles. The molecule has 0 saturated carbocycles. The standard InChI is InChI=1S/C19H31NO3/c1-16(21)11-9-7-5-3-4-6-8-10-12-17-13-14-18(20-15-17)19(22)23-2/h13-16,21H,3-12H2,1-2H3/t16-/m1/s1. The Morgan fingerprint density at radius 2 is 1.70 bits per heavy atom. The third-order valence-corrected chi connectivity index (χ3v) is 4.06. The van der Waals surface area contributed by atoms with Crippen molar-refractivity contribution in [3.05, 3.63) is 29.6 Å². The Balaban J connectivity index is 1.99. The van der Waals surface area contributed by atoms with E-state index in [1.54, 1.807) is 12.3 Å². The molecule has 1 heterocycles. The monoisotopic (exact) mass is 321 g/mol. The molecule has 0 radical (unpaired) electrons. The van der Waals surface area contributed by atoms with Crippen molar-refractivity contribution in [3.63, 3.8) is 0 Å². The van der Waals surface area contributed by atoms with Crippen molar-refractivity contribution in [3.8, 4) is 0 Å². The Morgan fingerprint density at radius 1 is 1.09 bits per heavy atom. The van der Waals surface area contributed by atoms with Gasteiger partial charge in [-0.15, -0.1) is 0 Å². The first-order chi connectivity index (χ1) is 11.1. The molecule has 4 nitrogen and oxygen atoms in total. The Labute approximate surface area is 140 Å². The first-order valence-corrected chi connectivity index (χ1v) is 8.85. The molecule has 0 fully saturated rings. The van der Waals surface area contributed by atoms with Gasteiger partial charge in [0.2, 0.25) is 0 Å². The number of carbonyl (C=O) groups excluding carboxylic acids is 1. The summed E-state index contributed by atoms with van der Waals surface area (Å²) in [6.45, 7) is 1.86. The molecule has 0 amide bonds. The zero-order valence-corrected chi connectivity index (χ0v) is 14.6. The maximum atomic E-state index is 11.3. The molecule has 0 unspecified atom stereocenters. The molecule has 1 N–H and O–H groups in total. The molecule has 1 atom stereocenters. The van der Waals surface area contributed by atoms with Crippen LogP contribution in [0, 0.1) is 0 Å². The number of hydrogen-bond donors (Lipinski definition) is 1. The van der Waals surface area contributed by atoms with E-state index in [9.17, 15) is 9.90 Å². The van der Waals surface area contributed by atoms with Gasteiger partial charge in [-0.1, -0.05) is 51.0 Å². The zero-order chi connectivity index (χ0) is 16.9. The lowest BCUT2D eigenvalue weighted by Crippen LogP contribution is -2.04. The van der Waals surface area contributed by atoms with E-state index in [1.165, 1.54) is 57.6 Å². The number of hydrogen-bond acceptors (Lipinski definition) is 4. The van der Waals surface area contributed by atoms with Gasteiger partial charge in [0.25, 0.3) is 0 Å². The maximum absolute atomic E-state index is 11.3. The van der Waals surface area contributed by atoms with Crippen LogP contribution in [0.5, 0.6) is 0 Å². The van der Waals surface area contributed by atoms with Crippen LogP contribution in [-0.2, 0) is 11.2 Å². The molecule has 1 aromatic rings. The molecule has 1 rings (SSSR count). The molecule has 0 spiro atoms. The number of pyridine rings is 1. The Morgan fingerprint density at radius 3 is 2.22 bits per heavy atom. The smallest absolute Gasteiger partial charge is 0.356 e. The molecule has 0 bridgehead atoms. The van der Waals surface area contributed by atoms with Crippen molar-refractivity contribution in [1.82, 2.24) is 4.98 Å². The van der Waals surface area contributed by atoms with Crippen molar-refractivity contribution < 1.29 is 14.6 Å². The first-order valence-electron chi connectivity index (χ1n) is 8.85. The van der Waals surface area contributed by atoms with Crippen molar-refractivity contribution in [2.24, 2.45) is 0 Å². The molecule has 0 aliphatic heterocycles. The number of aliphatic hydroxyl groups is 1. The minimum absolute atomic E-state index is 0.147. The first kappa shape index (κ1) is 19.6. The van der Waals surface area contributed by atoms with Gasteiger partial charge in [0.05, 0.1) is 13.2 Å². The lowest BCUT2D eigenvalue weighted by Gasteiger charge is -2.05. The average molecular weight is 321 g/mol. The summed E-state index contributed by atoms with van der Waals surface area (Å²) in [5.41, 5.74) is 1.54. The summed E-state index contributed by atoms with van der Waals surface area (Å²) in [7, 11) is 1.37. The normalized spacial score (nSPS) is 12.1. The van der Waals surface area contributed by atoms with Gasteiger partial charge >= 0.3 is 5.97 Å². The van der Waals surface area contributed by atoms with Gasteiger partial charge in [-0.3, -0.25) is 0 Å². The lowest BCUT2D eigenvalue weighted by molar-refractivity contribution is 0.0594. The maximum Gasteiger partial charge on any atom is 0.356 e. The Bertz CT molecular complexity index is 429. The molecular weight excluding hydrogens is 290 g/mol. The third-order valence-electron chi connectivity index (χ3n) is 4.06. The molecular formula is C19H31NO3. The summed E-state index contributed by atoms with van der Waals surface area (Å²) < 4.78 is 4.63. The fourth-order valence-electron chi connectivity index (χ4n) is 2.63. The highest BCUT2D eigenvalue weighted by Crippen LogP contribution is 2.12. The van der Waals surface area contributed by atoms with Crippen molar-refractivity contribution >= 4 is 5.97 Å². The van der Waals surface area contributed by atoms with Gasteiger partial charge in [-0.2, -0.15) is 0 Å². The van der Waals surface area contributed by atoms with Crippen LogP contribution in [0.15, 0.2) is 18.3 Å². The molecule has 4 heteroatoms. The number of esters is 1. The van der Waals surface area contributed by atoms with E-state index in [2.05, 4.69) is 9.72 Å². The highest BCUT2D eigenvalue weighted by atomic mass is 16.5. The molecule has 1 aromatic heterocycles.